The fraction of sp³-hybridized carbons (Fsp3) is 0.387. The van der Waals surface area contributed by atoms with Gasteiger partial charge in [0.1, 0.15) is 5.92 Å². The van der Waals surface area contributed by atoms with Crippen LogP contribution in [0.1, 0.15) is 45.5 Å². The van der Waals surface area contributed by atoms with E-state index in [1.807, 2.05) is 31.2 Å². The topological polar surface area (TPSA) is 91.1 Å². The molecule has 0 amide bonds. The summed E-state index contributed by atoms with van der Waals surface area (Å²) in [5.41, 5.74) is 4.56. The number of hydrogen-bond acceptors (Lipinski definition) is 7. The molecule has 1 atom stereocenters. The molecule has 200 valence electrons. The molecule has 2 aromatic rings. The second-order valence-electron chi connectivity index (χ2n) is 10.9. The summed E-state index contributed by atoms with van der Waals surface area (Å²) < 4.78 is 18.0. The number of rotatable bonds is 5. The van der Waals surface area contributed by atoms with Gasteiger partial charge in [-0.1, -0.05) is 30.3 Å². The number of carbonyl (C=O) groups is 2. The van der Waals surface area contributed by atoms with Crippen molar-refractivity contribution in [2.24, 2.45) is 5.92 Å². The van der Waals surface area contributed by atoms with Crippen LogP contribution >= 0.6 is 0 Å². The second-order valence-corrected chi connectivity index (χ2v) is 10.9. The molecular formula is C31H32N3O5+. The monoisotopic (exact) mass is 526 g/mol. The number of benzene rings is 2. The number of nitrogens with one attached hydrogen (secondary N) is 2. The first kappa shape index (κ1) is 24.5. The third kappa shape index (κ3) is 4.23. The summed E-state index contributed by atoms with van der Waals surface area (Å²) in [6.45, 7) is 6.88. The molecule has 0 bridgehead atoms. The van der Waals surface area contributed by atoms with Gasteiger partial charge in [-0.05, 0) is 31.5 Å². The Hall–Kier alpha value is -3.59. The highest BCUT2D eigenvalue weighted by Gasteiger charge is 2.49. The van der Waals surface area contributed by atoms with Crippen molar-refractivity contribution in [1.82, 2.24) is 10.2 Å². The average Bonchev–Trinajstić information content (AvgIpc) is 3.41. The van der Waals surface area contributed by atoms with Crippen LogP contribution in [0.3, 0.4) is 0 Å². The smallest absolute Gasteiger partial charge is 0.246 e. The molecule has 8 nitrogen and oxygen atoms in total. The molecule has 3 heterocycles. The van der Waals surface area contributed by atoms with Gasteiger partial charge < -0.3 is 24.4 Å². The van der Waals surface area contributed by atoms with Crippen LogP contribution in [0.5, 0.6) is 5.75 Å². The van der Waals surface area contributed by atoms with E-state index in [2.05, 4.69) is 15.2 Å². The van der Waals surface area contributed by atoms with Crippen LogP contribution in [0.4, 0.5) is 5.69 Å². The minimum absolute atomic E-state index is 0.0923. The molecule has 0 radical (unpaired) electrons. The quantitative estimate of drug-likeness (QED) is 0.578. The zero-order chi connectivity index (χ0) is 26.6. The highest BCUT2D eigenvalue weighted by Crippen LogP contribution is 2.39. The SMILES string of the molecule is Cc1ccc2c(c1)OC1=CC(NCCCN3CCC4(CC3)OCCO4)=C3C(=O)c4ccccc4C(=O)C3C1=[NH+]2. The third-order valence-electron chi connectivity index (χ3n) is 8.38. The number of ether oxygens (including phenoxy) is 3. The van der Waals surface area contributed by atoms with Crippen LogP contribution in [0.25, 0.3) is 0 Å². The summed E-state index contributed by atoms with van der Waals surface area (Å²) in [7, 11) is 0. The van der Waals surface area contributed by atoms with Crippen LogP contribution in [0, 0.1) is 12.8 Å². The molecule has 3 aliphatic heterocycles. The molecule has 39 heavy (non-hydrogen) atoms. The largest absolute Gasteiger partial charge is 0.444 e. The van der Waals surface area contributed by atoms with E-state index in [1.54, 1.807) is 24.3 Å². The Morgan fingerprint density at radius 3 is 2.62 bits per heavy atom. The van der Waals surface area contributed by atoms with Gasteiger partial charge in [0.25, 0.3) is 0 Å². The lowest BCUT2D eigenvalue weighted by atomic mass is 9.72. The fourth-order valence-electron chi connectivity index (χ4n) is 6.31. The van der Waals surface area contributed by atoms with E-state index in [0.29, 0.717) is 59.4 Å². The van der Waals surface area contributed by atoms with Gasteiger partial charge in [-0.2, -0.15) is 0 Å². The molecule has 0 aromatic heterocycles. The van der Waals surface area contributed by atoms with E-state index in [4.69, 9.17) is 14.2 Å². The molecule has 1 unspecified atom stereocenters. The highest BCUT2D eigenvalue weighted by molar-refractivity contribution is 6.32. The van der Waals surface area contributed by atoms with Crippen molar-refractivity contribution < 1.29 is 28.8 Å². The molecule has 1 spiro atoms. The van der Waals surface area contributed by atoms with E-state index in [-0.39, 0.29) is 17.4 Å². The Bertz CT molecular complexity index is 1460. The van der Waals surface area contributed by atoms with Crippen LogP contribution in [-0.4, -0.2) is 67.4 Å². The number of nitrogens with zero attached hydrogens (tertiary/aromatic N) is 1. The number of allylic oxidation sites excluding steroid dienone is 3. The lowest BCUT2D eigenvalue weighted by Crippen LogP contribution is -2.72. The van der Waals surface area contributed by atoms with Gasteiger partial charge in [-0.15, -0.1) is 0 Å². The Balaban J connectivity index is 1.14. The van der Waals surface area contributed by atoms with Crippen LogP contribution in [-0.2, 0) is 9.47 Å². The van der Waals surface area contributed by atoms with Gasteiger partial charge in [-0.3, -0.25) is 9.59 Å². The molecule has 2 aliphatic carbocycles. The van der Waals surface area contributed by atoms with Crippen molar-refractivity contribution in [1.29, 1.82) is 0 Å². The Morgan fingerprint density at radius 1 is 1.05 bits per heavy atom. The normalized spacial score (nSPS) is 23.4. The summed E-state index contributed by atoms with van der Waals surface area (Å²) in [5, 5.41) is 3.49. The van der Waals surface area contributed by atoms with Crippen molar-refractivity contribution in [2.45, 2.75) is 32.0 Å². The van der Waals surface area contributed by atoms with Gasteiger partial charge in [0, 0.05) is 67.0 Å². The van der Waals surface area contributed by atoms with E-state index < -0.39 is 5.92 Å². The number of likely N-dealkylation sites (tertiary alicyclic amines) is 1. The van der Waals surface area contributed by atoms with E-state index in [1.165, 1.54) is 0 Å². The first-order valence-corrected chi connectivity index (χ1v) is 13.8. The minimum atomic E-state index is -0.742. The van der Waals surface area contributed by atoms with Gasteiger partial charge in [0.05, 0.1) is 13.2 Å². The van der Waals surface area contributed by atoms with Crippen molar-refractivity contribution in [3.63, 3.8) is 0 Å². The van der Waals surface area contributed by atoms with Gasteiger partial charge in [0.2, 0.25) is 11.4 Å². The number of fused-ring (bicyclic) bond motifs is 5. The Kier molecular flexibility index (Phi) is 5.99. The van der Waals surface area contributed by atoms with E-state index >= 15 is 0 Å². The summed E-state index contributed by atoms with van der Waals surface area (Å²) in [6.07, 6.45) is 4.56. The van der Waals surface area contributed by atoms with Crippen molar-refractivity contribution in [3.8, 4) is 5.75 Å². The van der Waals surface area contributed by atoms with Crippen molar-refractivity contribution in [3.05, 3.63) is 82.3 Å². The zero-order valence-electron chi connectivity index (χ0n) is 22.0. The maximum absolute atomic E-state index is 13.8. The molecule has 2 aromatic carbocycles. The number of carbonyl (C=O) groups excluding carboxylic acids is 2. The molecular weight excluding hydrogens is 494 g/mol. The Labute approximate surface area is 227 Å². The number of aryl methyl sites for hydroxylation is 1. The van der Waals surface area contributed by atoms with Crippen LogP contribution in [0.2, 0.25) is 0 Å². The Morgan fingerprint density at radius 2 is 1.82 bits per heavy atom. The lowest BCUT2D eigenvalue weighted by Gasteiger charge is -2.37. The maximum atomic E-state index is 13.8. The minimum Gasteiger partial charge on any atom is -0.444 e. The molecule has 2 fully saturated rings. The van der Waals surface area contributed by atoms with Gasteiger partial charge >= 0.3 is 0 Å². The maximum Gasteiger partial charge on any atom is 0.246 e. The van der Waals surface area contributed by atoms with Gasteiger partial charge in [-0.25, -0.2) is 4.99 Å². The number of hydrogen-bond donors (Lipinski definition) is 2. The summed E-state index contributed by atoms with van der Waals surface area (Å²) in [5.74, 6) is -0.0355. The molecule has 0 saturated carbocycles. The molecule has 5 aliphatic rings. The zero-order valence-corrected chi connectivity index (χ0v) is 22.0. The van der Waals surface area contributed by atoms with Crippen LogP contribution < -0.4 is 15.0 Å². The summed E-state index contributed by atoms with van der Waals surface area (Å²) in [4.78, 5) is 33.5. The predicted molar refractivity (Wildman–Crippen MR) is 144 cm³/mol. The van der Waals surface area contributed by atoms with Crippen molar-refractivity contribution in [2.75, 3.05) is 39.4 Å². The molecule has 8 heteroatoms. The standard InChI is InChI=1S/C31H31N3O5/c1-19-7-8-22-24(17-19)39-25-18-23(32-11-4-12-34-13-9-31(10-14-34)37-15-16-38-31)26-27(28(25)33-22)30(36)21-6-3-2-5-20(21)29(26)35/h2-3,5-8,17-18,27,32H,4,9-16H2,1H3/p+1. The van der Waals surface area contributed by atoms with Crippen LogP contribution in [0.15, 0.2) is 65.6 Å². The first-order chi connectivity index (χ1) is 19.0. The third-order valence-corrected chi connectivity index (χ3v) is 8.38. The first-order valence-electron chi connectivity index (χ1n) is 13.8. The molecule has 2 saturated heterocycles. The van der Waals surface area contributed by atoms with E-state index in [9.17, 15) is 9.59 Å². The molecule has 2 N–H and O–H groups in total. The van der Waals surface area contributed by atoms with Gasteiger partial charge in [0.15, 0.2) is 28.9 Å². The fourth-order valence-corrected chi connectivity index (χ4v) is 6.31. The number of ketones is 2. The summed E-state index contributed by atoms with van der Waals surface area (Å²) in [6, 6.07) is 13.0. The van der Waals surface area contributed by atoms with Crippen molar-refractivity contribution >= 4 is 23.0 Å². The lowest BCUT2D eigenvalue weighted by molar-refractivity contribution is -0.361. The second kappa shape index (κ2) is 9.55. The number of Topliss-reactive ketones (excluding diaryl/α,β-unsaturated/α-hetero) is 2. The average molecular weight is 527 g/mol. The highest BCUT2D eigenvalue weighted by atomic mass is 16.7. The van der Waals surface area contributed by atoms with E-state index in [0.717, 1.165) is 50.1 Å². The molecule has 7 rings (SSSR count). The summed E-state index contributed by atoms with van der Waals surface area (Å²) >= 11 is 0. The predicted octanol–water partition coefficient (Wildman–Crippen LogP) is 2.21. The number of piperidine rings is 1.